The van der Waals surface area contributed by atoms with Gasteiger partial charge in [-0.2, -0.15) is 0 Å². The van der Waals surface area contributed by atoms with Crippen LogP contribution >= 0.6 is 15.9 Å². The molecule has 0 aliphatic carbocycles. The van der Waals surface area contributed by atoms with E-state index in [4.69, 9.17) is 9.47 Å². The summed E-state index contributed by atoms with van der Waals surface area (Å²) in [6.45, 7) is 3.02. The number of ether oxygens (including phenoxy) is 2. The molecule has 0 atom stereocenters. The topological polar surface area (TPSA) is 52.6 Å². The Bertz CT molecular complexity index is 557. The molecule has 0 unspecified atom stereocenters. The summed E-state index contributed by atoms with van der Waals surface area (Å²) in [5.74, 6) is -0.663. The number of halogens is 1. The first-order chi connectivity index (χ1) is 14.1. The average Bonchev–Trinajstić information content (AvgIpc) is 2.72. The van der Waals surface area contributed by atoms with Gasteiger partial charge in [-0.3, -0.25) is 9.59 Å². The fourth-order valence-corrected chi connectivity index (χ4v) is 3.32. The Hall–Kier alpha value is -1.36. The summed E-state index contributed by atoms with van der Waals surface area (Å²) in [5.41, 5.74) is 1.11. The minimum atomic E-state index is -0.349. The summed E-state index contributed by atoms with van der Waals surface area (Å²) in [6.07, 6.45) is 13.3. The van der Waals surface area contributed by atoms with E-state index >= 15 is 0 Å². The number of carbonyl (C=O) groups excluding carboxylic acids is 2. The van der Waals surface area contributed by atoms with Gasteiger partial charge in [0.25, 0.3) is 0 Å². The third-order valence-electron chi connectivity index (χ3n) is 4.86. The van der Waals surface area contributed by atoms with Crippen LogP contribution in [0.25, 0.3) is 0 Å². The summed E-state index contributed by atoms with van der Waals surface area (Å²) in [4.78, 5) is 23.4. The summed E-state index contributed by atoms with van der Waals surface area (Å²) in [7, 11) is 0. The largest absolute Gasteiger partial charge is 0.466 e. The van der Waals surface area contributed by atoms with E-state index in [1.165, 1.54) is 51.4 Å². The van der Waals surface area contributed by atoms with Crippen molar-refractivity contribution in [1.29, 1.82) is 0 Å². The van der Waals surface area contributed by atoms with Crippen molar-refractivity contribution < 1.29 is 19.1 Å². The van der Waals surface area contributed by atoms with E-state index in [1.807, 2.05) is 24.3 Å². The van der Waals surface area contributed by atoms with Crippen LogP contribution < -0.4 is 0 Å². The predicted octanol–water partition coefficient (Wildman–Crippen LogP) is 6.78. The van der Waals surface area contributed by atoms with Crippen LogP contribution in [0.15, 0.2) is 28.7 Å². The van der Waals surface area contributed by atoms with Gasteiger partial charge in [-0.25, -0.2) is 0 Å². The van der Waals surface area contributed by atoms with Gasteiger partial charge >= 0.3 is 11.9 Å². The summed E-state index contributed by atoms with van der Waals surface area (Å²) in [6, 6.07) is 7.90. The number of esters is 2. The van der Waals surface area contributed by atoms with Crippen molar-refractivity contribution >= 4 is 27.9 Å². The van der Waals surface area contributed by atoms with Crippen LogP contribution in [0.3, 0.4) is 0 Å². The maximum absolute atomic E-state index is 11.7. The molecule has 5 heteroatoms. The smallest absolute Gasteiger partial charge is 0.306 e. The van der Waals surface area contributed by atoms with E-state index in [0.717, 1.165) is 22.9 Å². The Kier molecular flexibility index (Phi) is 15.5. The van der Waals surface area contributed by atoms with Crippen molar-refractivity contribution in [1.82, 2.24) is 0 Å². The van der Waals surface area contributed by atoms with Crippen LogP contribution in [0.2, 0.25) is 0 Å². The zero-order chi connectivity index (χ0) is 21.2. The number of benzene rings is 1. The van der Waals surface area contributed by atoms with E-state index < -0.39 is 0 Å². The highest BCUT2D eigenvalue weighted by atomic mass is 79.9. The molecule has 164 valence electrons. The standard InChI is InChI=1S/C24H37BrO4/c1-2-3-4-5-6-7-8-9-10-11-19-28-23(26)16-17-24(27)29-20-18-21-12-14-22(25)15-13-21/h12-15H,2-11,16-20H2,1H3. The molecule has 1 aromatic rings. The molecule has 0 radical (unpaired) electrons. The van der Waals surface area contributed by atoms with Gasteiger partial charge in [-0.15, -0.1) is 0 Å². The van der Waals surface area contributed by atoms with E-state index in [2.05, 4.69) is 22.9 Å². The maximum Gasteiger partial charge on any atom is 0.306 e. The van der Waals surface area contributed by atoms with Gasteiger partial charge in [0.05, 0.1) is 26.1 Å². The zero-order valence-corrected chi connectivity index (χ0v) is 19.5. The highest BCUT2D eigenvalue weighted by Crippen LogP contribution is 2.12. The number of carbonyl (C=O) groups is 2. The molecule has 0 aromatic heterocycles. The molecule has 0 saturated carbocycles. The molecular formula is C24H37BrO4. The third-order valence-corrected chi connectivity index (χ3v) is 5.39. The quantitative estimate of drug-likeness (QED) is 0.186. The normalized spacial score (nSPS) is 10.7. The SMILES string of the molecule is CCCCCCCCCCCCOC(=O)CCC(=O)OCCc1ccc(Br)cc1. The van der Waals surface area contributed by atoms with Crippen LogP contribution in [-0.2, 0) is 25.5 Å². The molecule has 4 nitrogen and oxygen atoms in total. The Morgan fingerprint density at radius 1 is 0.724 bits per heavy atom. The van der Waals surface area contributed by atoms with Crippen LogP contribution in [0.5, 0.6) is 0 Å². The van der Waals surface area contributed by atoms with E-state index in [9.17, 15) is 9.59 Å². The fraction of sp³-hybridized carbons (Fsp3) is 0.667. The van der Waals surface area contributed by atoms with Gasteiger partial charge in [-0.05, 0) is 24.1 Å². The second-order valence-corrected chi connectivity index (χ2v) is 8.42. The number of rotatable bonds is 17. The van der Waals surface area contributed by atoms with Gasteiger partial charge in [0.2, 0.25) is 0 Å². The molecule has 0 saturated heterocycles. The van der Waals surface area contributed by atoms with Crippen LogP contribution in [0.4, 0.5) is 0 Å². The molecule has 0 fully saturated rings. The zero-order valence-electron chi connectivity index (χ0n) is 17.9. The molecule has 0 amide bonds. The Balaban J connectivity index is 1.90. The first-order valence-corrected chi connectivity index (χ1v) is 12.0. The lowest BCUT2D eigenvalue weighted by atomic mass is 10.1. The van der Waals surface area contributed by atoms with Crippen molar-refractivity contribution in [3.05, 3.63) is 34.3 Å². The minimum Gasteiger partial charge on any atom is -0.466 e. The molecule has 0 spiro atoms. The second kappa shape index (κ2) is 17.5. The highest BCUT2D eigenvalue weighted by molar-refractivity contribution is 9.10. The Morgan fingerprint density at radius 2 is 1.21 bits per heavy atom. The van der Waals surface area contributed by atoms with Crippen molar-refractivity contribution in [3.63, 3.8) is 0 Å². The van der Waals surface area contributed by atoms with E-state index in [0.29, 0.717) is 19.6 Å². The first kappa shape index (κ1) is 25.7. The lowest BCUT2D eigenvalue weighted by Crippen LogP contribution is -2.12. The summed E-state index contributed by atoms with van der Waals surface area (Å²) < 4.78 is 11.4. The van der Waals surface area contributed by atoms with Gasteiger partial charge in [0.1, 0.15) is 0 Å². The van der Waals surface area contributed by atoms with Gasteiger partial charge in [0, 0.05) is 10.9 Å². The van der Waals surface area contributed by atoms with Crippen molar-refractivity contribution in [2.24, 2.45) is 0 Å². The molecular weight excluding hydrogens is 432 g/mol. The summed E-state index contributed by atoms with van der Waals surface area (Å²) in [5, 5.41) is 0. The molecule has 29 heavy (non-hydrogen) atoms. The number of hydrogen-bond donors (Lipinski definition) is 0. The Labute approximate surface area is 184 Å². The Morgan fingerprint density at radius 3 is 1.76 bits per heavy atom. The van der Waals surface area contributed by atoms with Gasteiger partial charge in [0.15, 0.2) is 0 Å². The second-order valence-electron chi connectivity index (χ2n) is 7.50. The molecule has 1 aromatic carbocycles. The maximum atomic E-state index is 11.7. The van der Waals surface area contributed by atoms with Crippen LogP contribution in [-0.4, -0.2) is 25.2 Å². The van der Waals surface area contributed by atoms with E-state index in [1.54, 1.807) is 0 Å². The predicted molar refractivity (Wildman–Crippen MR) is 121 cm³/mol. The minimum absolute atomic E-state index is 0.0806. The van der Waals surface area contributed by atoms with Gasteiger partial charge < -0.3 is 9.47 Å². The molecule has 0 heterocycles. The van der Waals surface area contributed by atoms with E-state index in [-0.39, 0.29) is 24.8 Å². The third kappa shape index (κ3) is 15.2. The average molecular weight is 469 g/mol. The molecule has 0 N–H and O–H groups in total. The summed E-state index contributed by atoms with van der Waals surface area (Å²) >= 11 is 3.39. The van der Waals surface area contributed by atoms with Crippen molar-refractivity contribution in [2.75, 3.05) is 13.2 Å². The molecule has 0 aliphatic rings. The highest BCUT2D eigenvalue weighted by Gasteiger charge is 2.09. The number of unbranched alkanes of at least 4 members (excludes halogenated alkanes) is 9. The van der Waals surface area contributed by atoms with Crippen molar-refractivity contribution in [3.8, 4) is 0 Å². The monoisotopic (exact) mass is 468 g/mol. The lowest BCUT2D eigenvalue weighted by molar-refractivity contribution is -0.150. The molecule has 1 rings (SSSR count). The van der Waals surface area contributed by atoms with Crippen LogP contribution in [0, 0.1) is 0 Å². The fourth-order valence-electron chi connectivity index (χ4n) is 3.06. The molecule has 0 bridgehead atoms. The lowest BCUT2D eigenvalue weighted by Gasteiger charge is -2.06. The first-order valence-electron chi connectivity index (χ1n) is 11.2. The number of hydrogen-bond acceptors (Lipinski definition) is 4. The van der Waals surface area contributed by atoms with Crippen LogP contribution in [0.1, 0.15) is 89.5 Å². The van der Waals surface area contributed by atoms with Crippen molar-refractivity contribution in [2.45, 2.75) is 90.4 Å². The van der Waals surface area contributed by atoms with Gasteiger partial charge in [-0.1, -0.05) is 92.8 Å². The molecule has 0 aliphatic heterocycles.